The van der Waals surface area contributed by atoms with E-state index in [2.05, 4.69) is 31.3 Å². The number of piperidine rings is 1. The van der Waals surface area contributed by atoms with Crippen molar-refractivity contribution in [1.29, 1.82) is 0 Å². The van der Waals surface area contributed by atoms with E-state index < -0.39 is 12.1 Å². The van der Waals surface area contributed by atoms with Crippen LogP contribution in [0.25, 0.3) is 0 Å². The lowest BCUT2D eigenvalue weighted by molar-refractivity contribution is -0.274. The van der Waals surface area contributed by atoms with Gasteiger partial charge in [0.15, 0.2) is 5.75 Å². The molecule has 1 atom stereocenters. The first-order chi connectivity index (χ1) is 9.85. The van der Waals surface area contributed by atoms with Gasteiger partial charge in [-0.1, -0.05) is 22.4 Å². The first-order valence-corrected chi connectivity index (χ1v) is 7.24. The summed E-state index contributed by atoms with van der Waals surface area (Å²) in [4.78, 5) is 12.0. The fourth-order valence-electron chi connectivity index (χ4n) is 2.10. The zero-order valence-electron chi connectivity index (χ0n) is 11.0. The molecule has 1 amide bonds. The van der Waals surface area contributed by atoms with Crippen molar-refractivity contribution in [3.05, 3.63) is 22.7 Å². The van der Waals surface area contributed by atoms with E-state index in [1.165, 1.54) is 12.1 Å². The van der Waals surface area contributed by atoms with E-state index in [1.807, 2.05) is 0 Å². The molecule has 0 unspecified atom stereocenters. The minimum Gasteiger partial charge on any atom is -0.404 e. The number of carbonyl (C=O) groups is 1. The summed E-state index contributed by atoms with van der Waals surface area (Å²) in [5.41, 5.74) is -0.00658. The normalized spacial score (nSPS) is 19.1. The van der Waals surface area contributed by atoms with Crippen LogP contribution in [0.2, 0.25) is 0 Å². The van der Waals surface area contributed by atoms with Gasteiger partial charge in [-0.15, -0.1) is 13.2 Å². The summed E-state index contributed by atoms with van der Waals surface area (Å²) < 4.78 is 41.5. The van der Waals surface area contributed by atoms with Gasteiger partial charge in [0.1, 0.15) is 0 Å². The minimum absolute atomic E-state index is 0.00658. The highest BCUT2D eigenvalue weighted by Gasteiger charge is 2.32. The third-order valence-corrected chi connectivity index (χ3v) is 3.55. The van der Waals surface area contributed by atoms with Gasteiger partial charge < -0.3 is 15.4 Å². The van der Waals surface area contributed by atoms with E-state index in [9.17, 15) is 18.0 Å². The van der Waals surface area contributed by atoms with Crippen molar-refractivity contribution in [3.63, 3.8) is 0 Å². The Hall–Kier alpha value is -1.28. The second-order valence-corrected chi connectivity index (χ2v) is 5.60. The summed E-state index contributed by atoms with van der Waals surface area (Å²) in [5, 5.41) is 5.52. The van der Waals surface area contributed by atoms with Crippen LogP contribution in [0.1, 0.15) is 19.3 Å². The van der Waals surface area contributed by atoms with Gasteiger partial charge in [0, 0.05) is 4.47 Å². The second kappa shape index (κ2) is 6.65. The highest BCUT2D eigenvalue weighted by Crippen LogP contribution is 2.33. The van der Waals surface area contributed by atoms with Crippen LogP contribution in [0.15, 0.2) is 22.7 Å². The highest BCUT2D eigenvalue weighted by atomic mass is 79.9. The molecular formula is C13H14BrF3N2O2. The third-order valence-electron chi connectivity index (χ3n) is 3.05. The molecule has 116 valence electrons. The third kappa shape index (κ3) is 4.89. The molecule has 0 aromatic heterocycles. The van der Waals surface area contributed by atoms with Crippen molar-refractivity contribution < 1.29 is 22.7 Å². The molecule has 0 aliphatic carbocycles. The summed E-state index contributed by atoms with van der Waals surface area (Å²) in [5.74, 6) is -0.801. The largest absolute Gasteiger partial charge is 0.573 e. The topological polar surface area (TPSA) is 50.4 Å². The molecule has 0 bridgehead atoms. The molecule has 1 aliphatic rings. The van der Waals surface area contributed by atoms with Crippen molar-refractivity contribution in [2.24, 2.45) is 0 Å². The standard InChI is InChI=1S/C13H14BrF3N2O2/c14-8-4-5-9(11(7-8)21-13(15,16)17)19-12(20)10-3-1-2-6-18-10/h4-5,7,10,18H,1-3,6H2,(H,19,20)/t10-/m1/s1. The Morgan fingerprint density at radius 3 is 2.76 bits per heavy atom. The lowest BCUT2D eigenvalue weighted by atomic mass is 10.0. The molecule has 4 nitrogen and oxygen atoms in total. The molecule has 0 spiro atoms. The number of anilines is 1. The average molecular weight is 367 g/mol. The molecule has 1 fully saturated rings. The van der Waals surface area contributed by atoms with E-state index in [0.29, 0.717) is 10.9 Å². The smallest absolute Gasteiger partial charge is 0.404 e. The summed E-state index contributed by atoms with van der Waals surface area (Å²) in [6.07, 6.45) is -2.25. The number of rotatable bonds is 3. The number of amides is 1. The molecule has 2 N–H and O–H groups in total. The zero-order valence-corrected chi connectivity index (χ0v) is 12.6. The van der Waals surface area contributed by atoms with Crippen molar-refractivity contribution in [3.8, 4) is 5.75 Å². The number of nitrogens with one attached hydrogen (secondary N) is 2. The predicted molar refractivity (Wildman–Crippen MR) is 75.1 cm³/mol. The Balaban J connectivity index is 2.13. The van der Waals surface area contributed by atoms with Gasteiger partial charge in [-0.3, -0.25) is 4.79 Å². The fourth-order valence-corrected chi connectivity index (χ4v) is 2.44. The van der Waals surface area contributed by atoms with Crippen LogP contribution in [-0.2, 0) is 4.79 Å². The quantitative estimate of drug-likeness (QED) is 0.861. The number of alkyl halides is 3. The summed E-state index contributed by atoms with van der Waals surface area (Å²) in [6, 6.07) is 3.68. The first-order valence-electron chi connectivity index (χ1n) is 6.45. The van der Waals surface area contributed by atoms with Gasteiger partial charge in [-0.2, -0.15) is 0 Å². The molecule has 1 aromatic rings. The van der Waals surface area contributed by atoms with Crippen molar-refractivity contribution in [1.82, 2.24) is 5.32 Å². The number of halogens is 4. The number of hydrogen-bond acceptors (Lipinski definition) is 3. The second-order valence-electron chi connectivity index (χ2n) is 4.68. The minimum atomic E-state index is -4.82. The van der Waals surface area contributed by atoms with Gasteiger partial charge in [-0.25, -0.2) is 0 Å². The molecule has 2 rings (SSSR count). The molecule has 0 radical (unpaired) electrons. The maximum absolute atomic E-state index is 12.4. The Labute approximate surface area is 128 Å². The molecule has 1 saturated heterocycles. The molecule has 0 saturated carbocycles. The fraction of sp³-hybridized carbons (Fsp3) is 0.462. The predicted octanol–water partition coefficient (Wildman–Crippen LogP) is 3.43. The van der Waals surface area contributed by atoms with Crippen LogP contribution in [0.5, 0.6) is 5.75 Å². The van der Waals surface area contributed by atoms with Crippen LogP contribution in [0.3, 0.4) is 0 Å². The monoisotopic (exact) mass is 366 g/mol. The van der Waals surface area contributed by atoms with E-state index in [1.54, 1.807) is 0 Å². The zero-order chi connectivity index (χ0) is 15.5. The maximum atomic E-state index is 12.4. The summed E-state index contributed by atoms with van der Waals surface area (Å²) in [7, 11) is 0. The van der Waals surface area contributed by atoms with Gasteiger partial charge >= 0.3 is 6.36 Å². The van der Waals surface area contributed by atoms with Gasteiger partial charge in [0.2, 0.25) is 5.91 Å². The maximum Gasteiger partial charge on any atom is 0.573 e. The van der Waals surface area contributed by atoms with Crippen LogP contribution >= 0.6 is 15.9 Å². The van der Waals surface area contributed by atoms with Crippen LogP contribution in [0.4, 0.5) is 18.9 Å². The molecular weight excluding hydrogens is 353 g/mol. The van der Waals surface area contributed by atoms with Crippen LogP contribution in [-0.4, -0.2) is 24.9 Å². The molecule has 1 heterocycles. The SMILES string of the molecule is O=C(Nc1ccc(Br)cc1OC(F)(F)F)[C@H]1CCCCN1. The lowest BCUT2D eigenvalue weighted by Crippen LogP contribution is -2.43. The lowest BCUT2D eigenvalue weighted by Gasteiger charge is -2.23. The van der Waals surface area contributed by atoms with E-state index in [-0.39, 0.29) is 17.6 Å². The highest BCUT2D eigenvalue weighted by molar-refractivity contribution is 9.10. The first kappa shape index (κ1) is 16.1. The average Bonchev–Trinajstić information content (AvgIpc) is 2.41. The molecule has 8 heteroatoms. The summed E-state index contributed by atoms with van der Waals surface area (Å²) >= 11 is 3.07. The molecule has 21 heavy (non-hydrogen) atoms. The van der Waals surface area contributed by atoms with Gasteiger partial charge in [-0.05, 0) is 37.6 Å². The van der Waals surface area contributed by atoms with E-state index in [0.717, 1.165) is 25.5 Å². The van der Waals surface area contributed by atoms with Gasteiger partial charge in [0.05, 0.1) is 11.7 Å². The summed E-state index contributed by atoms with van der Waals surface area (Å²) in [6.45, 7) is 0.727. The molecule has 1 aliphatic heterocycles. The van der Waals surface area contributed by atoms with Crippen molar-refractivity contribution >= 4 is 27.5 Å². The Morgan fingerprint density at radius 1 is 1.38 bits per heavy atom. The Bertz CT molecular complexity index is 517. The Morgan fingerprint density at radius 2 is 2.14 bits per heavy atom. The van der Waals surface area contributed by atoms with Crippen LogP contribution < -0.4 is 15.4 Å². The van der Waals surface area contributed by atoms with Crippen molar-refractivity contribution in [2.75, 3.05) is 11.9 Å². The number of ether oxygens (including phenoxy) is 1. The number of hydrogen-bond donors (Lipinski definition) is 2. The number of benzene rings is 1. The van der Waals surface area contributed by atoms with Crippen molar-refractivity contribution in [2.45, 2.75) is 31.7 Å². The van der Waals surface area contributed by atoms with E-state index >= 15 is 0 Å². The number of carbonyl (C=O) groups excluding carboxylic acids is 1. The Kier molecular flexibility index (Phi) is 5.10. The molecule has 1 aromatic carbocycles. The van der Waals surface area contributed by atoms with Gasteiger partial charge in [0.25, 0.3) is 0 Å². The van der Waals surface area contributed by atoms with E-state index in [4.69, 9.17) is 0 Å². The van der Waals surface area contributed by atoms with Crippen LogP contribution in [0, 0.1) is 0 Å².